The first-order valence-corrected chi connectivity index (χ1v) is 8.19. The predicted molar refractivity (Wildman–Crippen MR) is 102 cm³/mol. The number of ether oxygens (including phenoxy) is 3. The number of esters is 1. The van der Waals surface area contributed by atoms with Gasteiger partial charge in [-0.25, -0.2) is 4.79 Å². The van der Waals surface area contributed by atoms with Gasteiger partial charge in [0.2, 0.25) is 0 Å². The zero-order valence-electron chi connectivity index (χ0n) is 15.5. The van der Waals surface area contributed by atoms with Crippen LogP contribution in [0.2, 0.25) is 0 Å². The van der Waals surface area contributed by atoms with Crippen molar-refractivity contribution in [3.05, 3.63) is 58.7 Å². The summed E-state index contributed by atoms with van der Waals surface area (Å²) in [5, 5.41) is 8.92. The summed E-state index contributed by atoms with van der Waals surface area (Å²) >= 11 is 0. The van der Waals surface area contributed by atoms with E-state index in [1.807, 2.05) is 0 Å². The van der Waals surface area contributed by atoms with E-state index < -0.39 is 5.97 Å². The molecule has 27 heavy (non-hydrogen) atoms. The van der Waals surface area contributed by atoms with Gasteiger partial charge in [-0.3, -0.25) is 0 Å². The number of carbonyl (C=O) groups excluding carboxylic acids is 1. The molecule has 0 fully saturated rings. The third-order valence-electron chi connectivity index (χ3n) is 3.63. The highest BCUT2D eigenvalue weighted by Gasteiger charge is 2.09. The number of aliphatic hydroxyl groups excluding tert-OH is 1. The Labute approximate surface area is 158 Å². The summed E-state index contributed by atoms with van der Waals surface area (Å²) in [5.41, 5.74) is 2.56. The van der Waals surface area contributed by atoms with E-state index in [9.17, 15) is 4.79 Å². The molecule has 0 heterocycles. The second kappa shape index (κ2) is 9.91. The molecule has 0 aliphatic heterocycles. The minimum Gasteiger partial charge on any atom is -0.493 e. The molecule has 0 unspecified atom stereocenters. The van der Waals surface area contributed by atoms with Crippen LogP contribution in [-0.2, 0) is 4.74 Å². The molecule has 2 aromatic rings. The summed E-state index contributed by atoms with van der Waals surface area (Å²) in [5.74, 6) is 12.7. The van der Waals surface area contributed by atoms with E-state index in [1.165, 1.54) is 7.11 Å². The fourth-order valence-electron chi connectivity index (χ4n) is 2.25. The van der Waals surface area contributed by atoms with Gasteiger partial charge in [0, 0.05) is 35.2 Å². The summed E-state index contributed by atoms with van der Waals surface area (Å²) in [6.07, 6.45) is 0.371. The van der Waals surface area contributed by atoms with Gasteiger partial charge in [0.1, 0.15) is 0 Å². The third kappa shape index (κ3) is 5.28. The van der Waals surface area contributed by atoms with Crippen LogP contribution in [0.4, 0.5) is 0 Å². The molecule has 138 valence electrons. The van der Waals surface area contributed by atoms with Gasteiger partial charge < -0.3 is 19.3 Å². The van der Waals surface area contributed by atoms with E-state index in [2.05, 4.69) is 28.4 Å². The molecule has 0 aromatic heterocycles. The summed E-state index contributed by atoms with van der Waals surface area (Å²) in [7, 11) is 4.45. The first-order valence-electron chi connectivity index (χ1n) is 8.19. The average Bonchev–Trinajstić information content (AvgIpc) is 2.72. The smallest absolute Gasteiger partial charge is 0.337 e. The first-order chi connectivity index (χ1) is 13.1. The highest BCUT2D eigenvalue weighted by Crippen LogP contribution is 2.30. The molecule has 1 N–H and O–H groups in total. The molecule has 0 aliphatic carbocycles. The molecule has 0 amide bonds. The monoisotopic (exact) mass is 364 g/mol. The van der Waals surface area contributed by atoms with Crippen molar-refractivity contribution in [3.63, 3.8) is 0 Å². The van der Waals surface area contributed by atoms with E-state index in [0.717, 1.165) is 5.56 Å². The molecule has 0 saturated heterocycles. The van der Waals surface area contributed by atoms with Crippen LogP contribution in [0.25, 0.3) is 0 Å². The van der Waals surface area contributed by atoms with Crippen LogP contribution in [0, 0.1) is 23.7 Å². The van der Waals surface area contributed by atoms with E-state index >= 15 is 0 Å². The summed E-state index contributed by atoms with van der Waals surface area (Å²) in [6, 6.07) is 10.3. The summed E-state index contributed by atoms with van der Waals surface area (Å²) < 4.78 is 15.3. The lowest BCUT2D eigenvalue weighted by atomic mass is 10.1. The number of hydrogen-bond acceptors (Lipinski definition) is 5. The van der Waals surface area contributed by atoms with E-state index in [4.69, 9.17) is 14.6 Å². The molecule has 0 saturated carbocycles. The average molecular weight is 364 g/mol. The molecule has 0 bridgehead atoms. The molecule has 0 atom stereocenters. The fraction of sp³-hybridized carbons (Fsp3) is 0.227. The van der Waals surface area contributed by atoms with Crippen LogP contribution < -0.4 is 9.47 Å². The van der Waals surface area contributed by atoms with Crippen molar-refractivity contribution in [1.29, 1.82) is 0 Å². The van der Waals surface area contributed by atoms with Crippen molar-refractivity contribution in [2.75, 3.05) is 27.9 Å². The Morgan fingerprint density at radius 1 is 0.926 bits per heavy atom. The maximum Gasteiger partial charge on any atom is 0.337 e. The van der Waals surface area contributed by atoms with Crippen LogP contribution in [0.5, 0.6) is 11.5 Å². The van der Waals surface area contributed by atoms with Gasteiger partial charge >= 0.3 is 5.97 Å². The second-order valence-corrected chi connectivity index (χ2v) is 5.35. The summed E-state index contributed by atoms with van der Waals surface area (Å²) in [4.78, 5) is 11.5. The second-order valence-electron chi connectivity index (χ2n) is 5.35. The van der Waals surface area contributed by atoms with Crippen LogP contribution >= 0.6 is 0 Å². The van der Waals surface area contributed by atoms with E-state index in [0.29, 0.717) is 34.6 Å². The molecular formula is C22H20O5. The van der Waals surface area contributed by atoms with Gasteiger partial charge in [0.25, 0.3) is 0 Å². The molecule has 5 heteroatoms. The number of aliphatic hydroxyl groups is 1. The summed E-state index contributed by atoms with van der Waals surface area (Å²) in [6.45, 7) is -0.00611. The van der Waals surface area contributed by atoms with Gasteiger partial charge in [-0.2, -0.15) is 0 Å². The van der Waals surface area contributed by atoms with Crippen molar-refractivity contribution in [2.45, 2.75) is 6.42 Å². The minimum atomic E-state index is -0.393. The molecule has 5 nitrogen and oxygen atoms in total. The van der Waals surface area contributed by atoms with Crippen molar-refractivity contribution in [2.24, 2.45) is 0 Å². The maximum absolute atomic E-state index is 11.5. The fourth-order valence-corrected chi connectivity index (χ4v) is 2.25. The van der Waals surface area contributed by atoms with Gasteiger partial charge in [0.05, 0.1) is 33.5 Å². The highest BCUT2D eigenvalue weighted by molar-refractivity contribution is 5.89. The largest absolute Gasteiger partial charge is 0.493 e. The Morgan fingerprint density at radius 3 is 2.04 bits per heavy atom. The zero-order chi connectivity index (χ0) is 19.6. The topological polar surface area (TPSA) is 65.0 Å². The number of carbonyl (C=O) groups is 1. The lowest BCUT2D eigenvalue weighted by molar-refractivity contribution is 0.0600. The van der Waals surface area contributed by atoms with Gasteiger partial charge in [-0.15, -0.1) is 0 Å². The molecule has 0 radical (unpaired) electrons. The Hall–Kier alpha value is -3.41. The highest BCUT2D eigenvalue weighted by atomic mass is 16.5. The molecule has 2 aromatic carbocycles. The molecule has 0 spiro atoms. The molecule has 0 aliphatic rings. The number of benzene rings is 2. The van der Waals surface area contributed by atoms with Gasteiger partial charge in [-0.1, -0.05) is 23.7 Å². The Kier molecular flexibility index (Phi) is 7.31. The van der Waals surface area contributed by atoms with E-state index in [1.54, 1.807) is 50.6 Å². The number of methoxy groups -OCH3 is 3. The Balaban J connectivity index is 2.41. The maximum atomic E-state index is 11.5. The van der Waals surface area contributed by atoms with Crippen molar-refractivity contribution >= 4 is 5.97 Å². The standard InChI is InChI=1S/C22H20O5/c1-25-20-14-18(6-4-5-13-23)19(15-21(20)26-2)12-9-16-7-10-17(11-8-16)22(24)27-3/h7-8,10-11,14-15,23H,5,13H2,1-3H3. The van der Waals surface area contributed by atoms with E-state index in [-0.39, 0.29) is 6.61 Å². The van der Waals surface area contributed by atoms with Crippen LogP contribution in [0.15, 0.2) is 36.4 Å². The van der Waals surface area contributed by atoms with Crippen molar-refractivity contribution in [1.82, 2.24) is 0 Å². The first kappa shape index (κ1) is 19.9. The number of hydrogen-bond donors (Lipinski definition) is 1. The van der Waals surface area contributed by atoms with Crippen LogP contribution in [-0.4, -0.2) is 39.0 Å². The predicted octanol–water partition coefficient (Wildman–Crippen LogP) is 2.62. The van der Waals surface area contributed by atoms with Crippen molar-refractivity contribution in [3.8, 4) is 35.2 Å². The Bertz CT molecular complexity index is 921. The lowest BCUT2D eigenvalue weighted by Crippen LogP contribution is -2.00. The zero-order valence-corrected chi connectivity index (χ0v) is 15.5. The normalized spacial score (nSPS) is 9.33. The minimum absolute atomic E-state index is 0.00611. The number of rotatable bonds is 4. The molecule has 2 rings (SSSR count). The van der Waals surface area contributed by atoms with Crippen LogP contribution in [0.1, 0.15) is 33.5 Å². The molecular weight excluding hydrogens is 344 g/mol. The van der Waals surface area contributed by atoms with Gasteiger partial charge in [-0.05, 0) is 24.3 Å². The Morgan fingerprint density at radius 2 is 1.52 bits per heavy atom. The lowest BCUT2D eigenvalue weighted by Gasteiger charge is -2.09. The van der Waals surface area contributed by atoms with Crippen LogP contribution in [0.3, 0.4) is 0 Å². The van der Waals surface area contributed by atoms with Crippen molar-refractivity contribution < 1.29 is 24.1 Å². The SMILES string of the molecule is COC(=O)c1ccc(C#Cc2cc(OC)c(OC)cc2C#CCCO)cc1. The van der Waals surface area contributed by atoms with Gasteiger partial charge in [0.15, 0.2) is 11.5 Å². The third-order valence-corrected chi connectivity index (χ3v) is 3.63. The quantitative estimate of drug-likeness (QED) is 0.667.